The molecule has 0 saturated heterocycles. The van der Waals surface area contributed by atoms with E-state index in [0.29, 0.717) is 11.3 Å². The Balaban J connectivity index is 1.63. The number of anilines is 1. The first kappa shape index (κ1) is 26.2. The SMILES string of the molecule is COc1ccc(N(CC(=O)N[C@@H](C)c2ccc3c(c2)CCC3)S(=O)(=O)c2ccc(C)c([N+](=O)[O-])c2)cc1. The topological polar surface area (TPSA) is 119 Å². The van der Waals surface area contributed by atoms with Crippen LogP contribution in [0.2, 0.25) is 0 Å². The summed E-state index contributed by atoms with van der Waals surface area (Å²) in [5.41, 5.74) is 3.80. The van der Waals surface area contributed by atoms with E-state index in [1.807, 2.05) is 13.0 Å². The van der Waals surface area contributed by atoms with Gasteiger partial charge in [0.1, 0.15) is 12.3 Å². The smallest absolute Gasteiger partial charge is 0.273 e. The number of fused-ring (bicyclic) bond motifs is 1. The molecular weight excluding hydrogens is 494 g/mol. The molecule has 1 atom stereocenters. The van der Waals surface area contributed by atoms with Crippen LogP contribution in [0.4, 0.5) is 11.4 Å². The Hall–Kier alpha value is -3.92. The maximum absolute atomic E-state index is 13.7. The molecular formula is C27H29N3O6S. The van der Waals surface area contributed by atoms with Crippen molar-refractivity contribution in [2.45, 2.75) is 44.0 Å². The van der Waals surface area contributed by atoms with Crippen LogP contribution in [0.25, 0.3) is 0 Å². The minimum Gasteiger partial charge on any atom is -0.497 e. The van der Waals surface area contributed by atoms with Gasteiger partial charge >= 0.3 is 0 Å². The highest BCUT2D eigenvalue weighted by molar-refractivity contribution is 7.92. The summed E-state index contributed by atoms with van der Waals surface area (Å²) in [6, 6.07) is 15.7. The Bertz CT molecular complexity index is 1440. The number of aryl methyl sites for hydroxylation is 3. The van der Waals surface area contributed by atoms with Crippen LogP contribution >= 0.6 is 0 Å². The fourth-order valence-corrected chi connectivity index (χ4v) is 5.94. The lowest BCUT2D eigenvalue weighted by Gasteiger charge is -2.25. The van der Waals surface area contributed by atoms with Crippen LogP contribution in [0, 0.1) is 17.0 Å². The van der Waals surface area contributed by atoms with Crippen molar-refractivity contribution in [1.82, 2.24) is 5.32 Å². The van der Waals surface area contributed by atoms with Crippen molar-refractivity contribution >= 4 is 27.3 Å². The number of nitrogens with zero attached hydrogens (tertiary/aromatic N) is 2. The standard InChI is InChI=1S/C27H29N3O6S/c1-18-7-14-25(16-26(18)30(32)33)37(34,35)29(23-10-12-24(36-3)13-11-23)17-27(31)28-19(2)21-9-8-20-5-4-6-22(20)15-21/h7-16,19H,4-6,17H2,1-3H3,(H,28,31)/t19-/m0/s1. The maximum Gasteiger partial charge on any atom is 0.273 e. The number of carbonyl (C=O) groups excluding carboxylic acids is 1. The zero-order chi connectivity index (χ0) is 26.7. The second-order valence-electron chi connectivity index (χ2n) is 9.09. The Kier molecular flexibility index (Phi) is 7.49. The lowest BCUT2D eigenvalue weighted by Crippen LogP contribution is -2.41. The molecule has 1 amide bonds. The third-order valence-electron chi connectivity index (χ3n) is 6.61. The van der Waals surface area contributed by atoms with Gasteiger partial charge in [-0.1, -0.05) is 24.3 Å². The van der Waals surface area contributed by atoms with Crippen molar-refractivity contribution < 1.29 is 22.9 Å². The number of nitro groups is 1. The van der Waals surface area contributed by atoms with E-state index in [9.17, 15) is 23.3 Å². The Morgan fingerprint density at radius 1 is 1.08 bits per heavy atom. The summed E-state index contributed by atoms with van der Waals surface area (Å²) in [5.74, 6) is 0.00996. The molecule has 10 heteroatoms. The van der Waals surface area contributed by atoms with Crippen molar-refractivity contribution in [3.8, 4) is 5.75 Å². The summed E-state index contributed by atoms with van der Waals surface area (Å²) in [6.07, 6.45) is 3.18. The van der Waals surface area contributed by atoms with E-state index in [2.05, 4.69) is 17.4 Å². The lowest BCUT2D eigenvalue weighted by atomic mass is 10.0. The van der Waals surface area contributed by atoms with Gasteiger partial charge in [-0.15, -0.1) is 0 Å². The summed E-state index contributed by atoms with van der Waals surface area (Å²) in [6.45, 7) is 2.87. The van der Waals surface area contributed by atoms with E-state index in [-0.39, 0.29) is 22.3 Å². The monoisotopic (exact) mass is 523 g/mol. The van der Waals surface area contributed by atoms with Crippen LogP contribution in [-0.4, -0.2) is 32.9 Å². The molecule has 0 radical (unpaired) electrons. The van der Waals surface area contributed by atoms with E-state index in [4.69, 9.17) is 4.74 Å². The van der Waals surface area contributed by atoms with Crippen molar-refractivity contribution in [2.75, 3.05) is 18.0 Å². The van der Waals surface area contributed by atoms with Crippen LogP contribution in [0.1, 0.15) is 41.6 Å². The third kappa shape index (κ3) is 5.59. The molecule has 1 aliphatic carbocycles. The number of ether oxygens (including phenoxy) is 1. The maximum atomic E-state index is 13.7. The molecule has 0 fully saturated rings. The van der Waals surface area contributed by atoms with Crippen molar-refractivity contribution in [1.29, 1.82) is 0 Å². The minimum absolute atomic E-state index is 0.226. The predicted octanol–water partition coefficient (Wildman–Crippen LogP) is 4.47. The highest BCUT2D eigenvalue weighted by Crippen LogP contribution is 2.29. The molecule has 3 aromatic rings. The summed E-state index contributed by atoms with van der Waals surface area (Å²) >= 11 is 0. The number of amides is 1. The van der Waals surface area contributed by atoms with Crippen molar-refractivity contribution in [3.05, 3.63) is 93.0 Å². The van der Waals surface area contributed by atoms with E-state index in [0.717, 1.165) is 35.2 Å². The Morgan fingerprint density at radius 3 is 2.46 bits per heavy atom. The summed E-state index contributed by atoms with van der Waals surface area (Å²) < 4.78 is 33.5. The molecule has 9 nitrogen and oxygen atoms in total. The molecule has 1 N–H and O–H groups in total. The molecule has 4 rings (SSSR count). The van der Waals surface area contributed by atoms with E-state index >= 15 is 0 Å². The number of benzene rings is 3. The molecule has 0 bridgehead atoms. The van der Waals surface area contributed by atoms with E-state index < -0.39 is 27.4 Å². The van der Waals surface area contributed by atoms with Gasteiger partial charge in [-0.2, -0.15) is 0 Å². The molecule has 0 spiro atoms. The van der Waals surface area contributed by atoms with Crippen molar-refractivity contribution in [3.63, 3.8) is 0 Å². The van der Waals surface area contributed by atoms with E-state index in [1.165, 1.54) is 49.4 Å². The fraction of sp³-hybridized carbons (Fsp3) is 0.296. The van der Waals surface area contributed by atoms with Crippen LogP contribution in [0.15, 0.2) is 65.6 Å². The average Bonchev–Trinajstić information content (AvgIpc) is 3.35. The van der Waals surface area contributed by atoms with Gasteiger partial charge in [-0.25, -0.2) is 8.42 Å². The van der Waals surface area contributed by atoms with Gasteiger partial charge in [0.05, 0.1) is 28.7 Å². The van der Waals surface area contributed by atoms with Crippen LogP contribution in [0.5, 0.6) is 5.75 Å². The van der Waals surface area contributed by atoms with Gasteiger partial charge < -0.3 is 10.1 Å². The number of hydrogen-bond donors (Lipinski definition) is 1. The number of carbonyl (C=O) groups is 1. The Labute approximate surface area is 216 Å². The number of hydrogen-bond acceptors (Lipinski definition) is 6. The lowest BCUT2D eigenvalue weighted by molar-refractivity contribution is -0.385. The number of methoxy groups -OCH3 is 1. The highest BCUT2D eigenvalue weighted by atomic mass is 32.2. The third-order valence-corrected chi connectivity index (χ3v) is 8.38. The molecule has 0 aromatic heterocycles. The number of nitro benzene ring substituents is 1. The van der Waals surface area contributed by atoms with Gasteiger partial charge in [0.25, 0.3) is 15.7 Å². The van der Waals surface area contributed by atoms with E-state index in [1.54, 1.807) is 12.1 Å². The first-order chi connectivity index (χ1) is 17.6. The largest absolute Gasteiger partial charge is 0.497 e. The molecule has 3 aromatic carbocycles. The van der Waals surface area contributed by atoms with Crippen molar-refractivity contribution in [2.24, 2.45) is 0 Å². The predicted molar refractivity (Wildman–Crippen MR) is 140 cm³/mol. The first-order valence-corrected chi connectivity index (χ1v) is 13.4. The summed E-state index contributed by atoms with van der Waals surface area (Å²) in [5, 5.41) is 14.3. The molecule has 1 aliphatic rings. The van der Waals surface area contributed by atoms with Crippen LogP contribution in [-0.2, 0) is 27.7 Å². The number of sulfonamides is 1. The number of nitrogens with one attached hydrogen (secondary N) is 1. The number of rotatable bonds is 9. The van der Waals surface area contributed by atoms with Gasteiger partial charge in [-0.3, -0.25) is 19.2 Å². The zero-order valence-corrected chi connectivity index (χ0v) is 21.7. The highest BCUT2D eigenvalue weighted by Gasteiger charge is 2.30. The summed E-state index contributed by atoms with van der Waals surface area (Å²) in [4.78, 5) is 23.7. The molecule has 0 unspecified atom stereocenters. The quantitative estimate of drug-likeness (QED) is 0.326. The fourth-order valence-electron chi connectivity index (χ4n) is 4.50. The zero-order valence-electron chi connectivity index (χ0n) is 20.9. The average molecular weight is 524 g/mol. The molecule has 0 saturated carbocycles. The second kappa shape index (κ2) is 10.6. The van der Waals surface area contributed by atoms with Gasteiger partial charge in [0, 0.05) is 11.6 Å². The Morgan fingerprint density at radius 2 is 1.78 bits per heavy atom. The van der Waals surface area contributed by atoms with Crippen LogP contribution < -0.4 is 14.4 Å². The first-order valence-electron chi connectivity index (χ1n) is 11.9. The molecule has 194 valence electrons. The van der Waals surface area contributed by atoms with Gasteiger partial charge in [0.15, 0.2) is 0 Å². The second-order valence-corrected chi connectivity index (χ2v) is 10.9. The summed E-state index contributed by atoms with van der Waals surface area (Å²) in [7, 11) is -2.83. The molecule has 0 heterocycles. The van der Waals surface area contributed by atoms with Gasteiger partial charge in [0.2, 0.25) is 5.91 Å². The van der Waals surface area contributed by atoms with Crippen LogP contribution in [0.3, 0.4) is 0 Å². The normalized spacial score (nSPS) is 13.5. The van der Waals surface area contributed by atoms with Gasteiger partial charge in [-0.05, 0) is 80.1 Å². The molecule has 0 aliphatic heterocycles. The molecule has 37 heavy (non-hydrogen) atoms. The minimum atomic E-state index is -4.32.